The van der Waals surface area contributed by atoms with Gasteiger partial charge in [0.25, 0.3) is 0 Å². The van der Waals surface area contributed by atoms with Gasteiger partial charge < -0.3 is 9.13 Å². The van der Waals surface area contributed by atoms with Gasteiger partial charge >= 0.3 is 0 Å². The first kappa shape index (κ1) is 32.5. The lowest BCUT2D eigenvalue weighted by Crippen LogP contribution is -2.00. The lowest BCUT2D eigenvalue weighted by molar-refractivity contribution is 1.13. The van der Waals surface area contributed by atoms with Crippen molar-refractivity contribution in [1.82, 2.24) is 14.1 Å². The van der Waals surface area contributed by atoms with Crippen molar-refractivity contribution < 1.29 is 0 Å². The molecule has 3 heterocycles. The summed E-state index contributed by atoms with van der Waals surface area (Å²) in [4.78, 5) is 5.39. The molecule has 3 aromatic heterocycles. The molecule has 0 aliphatic heterocycles. The third-order valence-corrected chi connectivity index (χ3v) is 11.9. The minimum atomic E-state index is 0.972. The Balaban J connectivity index is 1.18. The van der Waals surface area contributed by atoms with Crippen LogP contribution in [0.4, 0.5) is 0 Å². The van der Waals surface area contributed by atoms with Crippen LogP contribution in [0.5, 0.6) is 0 Å². The van der Waals surface area contributed by atoms with Crippen LogP contribution >= 0.6 is 0 Å². The van der Waals surface area contributed by atoms with Gasteiger partial charge in [-0.3, -0.25) is 0 Å². The van der Waals surface area contributed by atoms with Crippen molar-refractivity contribution in [2.45, 2.75) is 0 Å². The SMILES string of the molecule is c1ccc(-c2nc3ccc(-c4cc(-n5c6ccccc6c6ccccc65)cc(-n5c6ccccc6c6ccccc65)c4)cc3c3c(-c4ccccc4)cccc23)cc1. The number of pyridine rings is 1. The van der Waals surface area contributed by atoms with Gasteiger partial charge in [0, 0.05) is 54.6 Å². The van der Waals surface area contributed by atoms with E-state index < -0.39 is 0 Å². The Labute approximate surface area is 335 Å². The average Bonchev–Trinajstić information content (AvgIpc) is 3.82. The van der Waals surface area contributed by atoms with Gasteiger partial charge in [-0.2, -0.15) is 0 Å². The van der Waals surface area contributed by atoms with Crippen LogP contribution in [0.1, 0.15) is 0 Å². The fourth-order valence-electron chi connectivity index (χ4n) is 9.33. The number of aromatic nitrogens is 3. The van der Waals surface area contributed by atoms with E-state index >= 15 is 0 Å². The van der Waals surface area contributed by atoms with Gasteiger partial charge in [-0.25, -0.2) is 4.98 Å². The van der Waals surface area contributed by atoms with Crippen LogP contribution in [0.15, 0.2) is 212 Å². The lowest BCUT2D eigenvalue weighted by Gasteiger charge is -2.17. The number of fused-ring (bicyclic) bond motifs is 9. The Morgan fingerprint density at radius 2 is 0.759 bits per heavy atom. The van der Waals surface area contributed by atoms with Crippen molar-refractivity contribution in [3.8, 4) is 44.9 Å². The summed E-state index contributed by atoms with van der Waals surface area (Å²) in [5.74, 6) is 0. The number of hydrogen-bond acceptors (Lipinski definition) is 1. The van der Waals surface area contributed by atoms with Crippen molar-refractivity contribution in [2.24, 2.45) is 0 Å². The van der Waals surface area contributed by atoms with E-state index in [0.29, 0.717) is 0 Å². The maximum absolute atomic E-state index is 5.39. The highest BCUT2D eigenvalue weighted by Crippen LogP contribution is 2.42. The summed E-state index contributed by atoms with van der Waals surface area (Å²) in [6.07, 6.45) is 0. The van der Waals surface area contributed by atoms with E-state index in [1.165, 1.54) is 60.1 Å². The maximum atomic E-state index is 5.39. The third kappa shape index (κ3) is 4.97. The molecule has 0 aliphatic carbocycles. The minimum absolute atomic E-state index is 0.972. The van der Waals surface area contributed by atoms with Crippen LogP contribution in [0.3, 0.4) is 0 Å². The smallest absolute Gasteiger partial charge is 0.0788 e. The zero-order valence-corrected chi connectivity index (χ0v) is 31.5. The fraction of sp³-hybridized carbons (Fsp3) is 0. The van der Waals surface area contributed by atoms with Crippen molar-refractivity contribution in [2.75, 3.05) is 0 Å². The quantitative estimate of drug-likeness (QED) is 0.161. The molecule has 0 atom stereocenters. The molecule has 0 fully saturated rings. The van der Waals surface area contributed by atoms with E-state index in [-0.39, 0.29) is 0 Å². The Kier molecular flexibility index (Phi) is 7.23. The van der Waals surface area contributed by atoms with E-state index in [0.717, 1.165) is 50.0 Å². The van der Waals surface area contributed by atoms with Gasteiger partial charge in [-0.1, -0.05) is 158 Å². The van der Waals surface area contributed by atoms with Crippen molar-refractivity contribution >= 4 is 65.3 Å². The van der Waals surface area contributed by atoms with E-state index in [2.05, 4.69) is 221 Å². The second kappa shape index (κ2) is 12.9. The molecule has 0 spiro atoms. The van der Waals surface area contributed by atoms with Gasteiger partial charge in [0.2, 0.25) is 0 Å². The third-order valence-electron chi connectivity index (χ3n) is 11.9. The predicted molar refractivity (Wildman–Crippen MR) is 244 cm³/mol. The zero-order valence-electron chi connectivity index (χ0n) is 31.5. The molecule has 12 aromatic rings. The monoisotopic (exact) mass is 737 g/mol. The Morgan fingerprint density at radius 3 is 1.29 bits per heavy atom. The molecule has 3 heteroatoms. The molecule has 0 aliphatic rings. The fourth-order valence-corrected chi connectivity index (χ4v) is 9.33. The van der Waals surface area contributed by atoms with Crippen LogP contribution in [0, 0.1) is 0 Å². The predicted octanol–water partition coefficient (Wildman–Crippen LogP) is 14.6. The first-order valence-corrected chi connectivity index (χ1v) is 19.9. The largest absolute Gasteiger partial charge is 0.309 e. The molecular weight excluding hydrogens is 703 g/mol. The molecule has 270 valence electrons. The zero-order chi connectivity index (χ0) is 38.2. The van der Waals surface area contributed by atoms with Crippen LogP contribution in [-0.4, -0.2) is 14.1 Å². The Bertz CT molecular complexity index is 3320. The Morgan fingerprint density at radius 1 is 0.293 bits per heavy atom. The molecule has 0 saturated carbocycles. The van der Waals surface area contributed by atoms with E-state index in [9.17, 15) is 0 Å². The van der Waals surface area contributed by atoms with Gasteiger partial charge in [0.05, 0.1) is 33.3 Å². The van der Waals surface area contributed by atoms with Gasteiger partial charge in [0.1, 0.15) is 0 Å². The molecular formula is C55H35N3. The molecule has 0 radical (unpaired) electrons. The number of para-hydroxylation sites is 4. The highest BCUT2D eigenvalue weighted by molar-refractivity contribution is 6.18. The molecule has 58 heavy (non-hydrogen) atoms. The molecule has 0 bridgehead atoms. The molecule has 0 amide bonds. The van der Waals surface area contributed by atoms with E-state index in [1.807, 2.05) is 0 Å². The normalized spacial score (nSPS) is 11.8. The first-order chi connectivity index (χ1) is 28.8. The lowest BCUT2D eigenvalue weighted by atomic mass is 9.91. The summed E-state index contributed by atoms with van der Waals surface area (Å²) in [7, 11) is 0. The van der Waals surface area contributed by atoms with Crippen molar-refractivity contribution in [3.63, 3.8) is 0 Å². The minimum Gasteiger partial charge on any atom is -0.309 e. The number of rotatable bonds is 5. The topological polar surface area (TPSA) is 22.8 Å². The second-order valence-corrected chi connectivity index (χ2v) is 15.1. The van der Waals surface area contributed by atoms with E-state index in [4.69, 9.17) is 4.98 Å². The van der Waals surface area contributed by atoms with Crippen molar-refractivity contribution in [1.29, 1.82) is 0 Å². The summed E-state index contributed by atoms with van der Waals surface area (Å²) in [6, 6.07) is 76.9. The van der Waals surface area contributed by atoms with Crippen LogP contribution < -0.4 is 0 Å². The summed E-state index contributed by atoms with van der Waals surface area (Å²) < 4.78 is 4.87. The number of benzene rings is 9. The number of hydrogen-bond donors (Lipinski definition) is 0. The van der Waals surface area contributed by atoms with E-state index in [1.54, 1.807) is 0 Å². The summed E-state index contributed by atoms with van der Waals surface area (Å²) in [5.41, 5.74) is 14.7. The average molecular weight is 738 g/mol. The molecule has 12 rings (SSSR count). The van der Waals surface area contributed by atoms with Crippen molar-refractivity contribution in [3.05, 3.63) is 212 Å². The molecule has 0 unspecified atom stereocenters. The van der Waals surface area contributed by atoms with Gasteiger partial charge in [-0.05, 0) is 76.9 Å². The van der Waals surface area contributed by atoms with Gasteiger partial charge in [0.15, 0.2) is 0 Å². The Hall–Kier alpha value is -7.75. The summed E-state index contributed by atoms with van der Waals surface area (Å²) in [6.45, 7) is 0. The molecule has 0 saturated heterocycles. The highest BCUT2D eigenvalue weighted by Gasteiger charge is 2.19. The van der Waals surface area contributed by atoms with Crippen LogP contribution in [-0.2, 0) is 0 Å². The highest BCUT2D eigenvalue weighted by atomic mass is 15.0. The summed E-state index contributed by atoms with van der Waals surface area (Å²) >= 11 is 0. The molecule has 9 aromatic carbocycles. The molecule has 0 N–H and O–H groups in total. The maximum Gasteiger partial charge on any atom is 0.0788 e. The van der Waals surface area contributed by atoms with Crippen LogP contribution in [0.2, 0.25) is 0 Å². The van der Waals surface area contributed by atoms with Crippen LogP contribution in [0.25, 0.3) is 110 Å². The second-order valence-electron chi connectivity index (χ2n) is 15.1. The van der Waals surface area contributed by atoms with Gasteiger partial charge in [-0.15, -0.1) is 0 Å². The molecule has 3 nitrogen and oxygen atoms in total. The summed E-state index contributed by atoms with van der Waals surface area (Å²) in [5, 5.41) is 8.46. The first-order valence-electron chi connectivity index (χ1n) is 19.9. The standard InChI is InChI=1S/C55H35N3/c1-3-16-36(17-4-1)42-24-15-25-47-54(42)48-34-38(30-31-49(48)56-55(47)37-18-5-2-6-19-37)39-32-40(57-50-26-11-7-20-43(50)44-21-8-12-27-51(44)57)35-41(33-39)58-52-28-13-9-22-45(52)46-23-10-14-29-53(46)58/h1-35H. The number of nitrogens with zero attached hydrogens (tertiary/aromatic N) is 3.